The Balaban J connectivity index is 3.22. The standard InChI is InChI=1S/C7H8Cl2O2S2/c1-7(2,13(10)11)4-3-12-6(9)5(4)8/h3H,1-2H3,(H,10,11). The SMILES string of the molecule is CC(C)(c1csc(Cl)c1Cl)S(=O)O. The average molecular weight is 259 g/mol. The van der Waals surface area contributed by atoms with Crippen molar-refractivity contribution in [2.24, 2.45) is 0 Å². The van der Waals surface area contributed by atoms with E-state index >= 15 is 0 Å². The van der Waals surface area contributed by atoms with E-state index in [1.54, 1.807) is 19.2 Å². The molecule has 1 heterocycles. The third-order valence-corrected chi connectivity index (χ3v) is 4.69. The van der Waals surface area contributed by atoms with Gasteiger partial charge in [0.25, 0.3) is 0 Å². The number of hydrogen-bond acceptors (Lipinski definition) is 2. The van der Waals surface area contributed by atoms with Crippen molar-refractivity contribution in [3.05, 3.63) is 20.3 Å². The summed E-state index contributed by atoms with van der Waals surface area (Å²) >= 11 is 10.9. The van der Waals surface area contributed by atoms with Gasteiger partial charge in [-0.2, -0.15) is 0 Å². The minimum Gasteiger partial charge on any atom is -0.305 e. The molecule has 1 aromatic rings. The lowest BCUT2D eigenvalue weighted by atomic mass is 10.1. The summed E-state index contributed by atoms with van der Waals surface area (Å²) in [5.74, 6) is 0. The van der Waals surface area contributed by atoms with Crippen LogP contribution in [0, 0.1) is 0 Å². The number of hydrogen-bond donors (Lipinski definition) is 1. The Labute approximate surface area is 93.2 Å². The first-order valence-electron chi connectivity index (χ1n) is 3.41. The Hall–Kier alpha value is 0.390. The van der Waals surface area contributed by atoms with Crippen LogP contribution in [0.3, 0.4) is 0 Å². The average Bonchev–Trinajstić information content (AvgIpc) is 2.33. The second-order valence-corrected chi connectivity index (χ2v) is 6.38. The molecule has 0 spiro atoms. The van der Waals surface area contributed by atoms with Gasteiger partial charge in [0.15, 0.2) is 11.1 Å². The van der Waals surface area contributed by atoms with Gasteiger partial charge in [0.2, 0.25) is 0 Å². The van der Waals surface area contributed by atoms with Crippen LogP contribution in [0.25, 0.3) is 0 Å². The van der Waals surface area contributed by atoms with Gasteiger partial charge in [-0.05, 0) is 19.2 Å². The van der Waals surface area contributed by atoms with E-state index in [0.717, 1.165) is 0 Å². The zero-order valence-corrected chi connectivity index (χ0v) is 10.2. The van der Waals surface area contributed by atoms with Crippen LogP contribution in [-0.4, -0.2) is 8.76 Å². The zero-order valence-electron chi connectivity index (χ0n) is 7.01. The van der Waals surface area contributed by atoms with Crippen LogP contribution >= 0.6 is 34.5 Å². The lowest BCUT2D eigenvalue weighted by Gasteiger charge is -2.19. The van der Waals surface area contributed by atoms with Gasteiger partial charge >= 0.3 is 0 Å². The molecule has 74 valence electrons. The number of rotatable bonds is 2. The van der Waals surface area contributed by atoms with Gasteiger partial charge in [-0.25, -0.2) is 4.21 Å². The molecule has 13 heavy (non-hydrogen) atoms. The first-order valence-corrected chi connectivity index (χ1v) is 6.15. The summed E-state index contributed by atoms with van der Waals surface area (Å²) in [6, 6.07) is 0. The molecule has 1 N–H and O–H groups in total. The minimum atomic E-state index is -1.96. The van der Waals surface area contributed by atoms with Gasteiger partial charge in [0.1, 0.15) is 4.34 Å². The summed E-state index contributed by atoms with van der Waals surface area (Å²) in [7, 11) is 0. The van der Waals surface area contributed by atoms with E-state index < -0.39 is 15.8 Å². The highest BCUT2D eigenvalue weighted by Crippen LogP contribution is 2.40. The van der Waals surface area contributed by atoms with Crippen LogP contribution in [0.1, 0.15) is 19.4 Å². The van der Waals surface area contributed by atoms with E-state index in [0.29, 0.717) is 14.9 Å². The van der Waals surface area contributed by atoms with Crippen molar-refractivity contribution >= 4 is 45.6 Å². The molecular weight excluding hydrogens is 251 g/mol. The van der Waals surface area contributed by atoms with Gasteiger partial charge in [-0.1, -0.05) is 23.2 Å². The first-order chi connectivity index (χ1) is 5.87. The van der Waals surface area contributed by atoms with Crippen LogP contribution in [0.5, 0.6) is 0 Å². The van der Waals surface area contributed by atoms with Crippen molar-refractivity contribution in [2.75, 3.05) is 0 Å². The molecule has 6 heteroatoms. The maximum absolute atomic E-state index is 11.0. The molecule has 1 aromatic heterocycles. The summed E-state index contributed by atoms with van der Waals surface area (Å²) in [5, 5.41) is 2.08. The van der Waals surface area contributed by atoms with Crippen molar-refractivity contribution < 1.29 is 8.76 Å². The summed E-state index contributed by atoms with van der Waals surface area (Å²) in [5.41, 5.74) is 0.616. The Bertz CT molecular complexity index is 346. The van der Waals surface area contributed by atoms with Crippen molar-refractivity contribution in [1.82, 2.24) is 0 Å². The molecule has 0 aliphatic carbocycles. The van der Waals surface area contributed by atoms with Gasteiger partial charge < -0.3 is 4.55 Å². The summed E-state index contributed by atoms with van der Waals surface area (Å²) < 4.78 is 19.6. The van der Waals surface area contributed by atoms with Gasteiger partial charge in [0, 0.05) is 5.56 Å². The zero-order chi connectivity index (χ0) is 10.2. The molecule has 0 aliphatic rings. The molecule has 0 bridgehead atoms. The number of halogens is 2. The molecule has 1 unspecified atom stereocenters. The molecule has 2 nitrogen and oxygen atoms in total. The van der Waals surface area contributed by atoms with Gasteiger partial charge in [-0.3, -0.25) is 0 Å². The predicted octanol–water partition coefficient (Wildman–Crippen LogP) is 3.51. The first kappa shape index (κ1) is 11.5. The quantitative estimate of drug-likeness (QED) is 0.825. The second-order valence-electron chi connectivity index (χ2n) is 3.00. The van der Waals surface area contributed by atoms with Crippen LogP contribution in [0.15, 0.2) is 5.38 Å². The normalized spacial score (nSPS) is 14.5. The van der Waals surface area contributed by atoms with E-state index in [-0.39, 0.29) is 0 Å². The lowest BCUT2D eigenvalue weighted by Crippen LogP contribution is -2.22. The maximum Gasteiger partial charge on any atom is 0.163 e. The van der Waals surface area contributed by atoms with Crippen LogP contribution < -0.4 is 0 Å². The topological polar surface area (TPSA) is 37.3 Å². The van der Waals surface area contributed by atoms with Gasteiger partial charge in [-0.15, -0.1) is 11.3 Å². The minimum absolute atomic E-state index is 0.374. The van der Waals surface area contributed by atoms with Crippen LogP contribution in [-0.2, 0) is 15.8 Å². The second kappa shape index (κ2) is 3.87. The molecule has 0 radical (unpaired) electrons. The molecule has 0 amide bonds. The van der Waals surface area contributed by atoms with Crippen molar-refractivity contribution in [1.29, 1.82) is 0 Å². The summed E-state index contributed by atoms with van der Waals surface area (Å²) in [6.45, 7) is 3.29. The highest BCUT2D eigenvalue weighted by atomic mass is 35.5. The Morgan fingerprint density at radius 1 is 1.54 bits per heavy atom. The van der Waals surface area contributed by atoms with E-state index in [1.807, 2.05) is 0 Å². The molecule has 0 fully saturated rings. The predicted molar refractivity (Wildman–Crippen MR) is 58.1 cm³/mol. The Morgan fingerprint density at radius 3 is 2.38 bits per heavy atom. The third-order valence-electron chi connectivity index (χ3n) is 1.77. The highest BCUT2D eigenvalue weighted by molar-refractivity contribution is 7.80. The van der Waals surface area contributed by atoms with Crippen LogP contribution in [0.4, 0.5) is 0 Å². The Kier molecular flexibility index (Phi) is 3.41. The summed E-state index contributed by atoms with van der Waals surface area (Å²) in [6.07, 6.45) is 0. The molecule has 1 rings (SSSR count). The maximum atomic E-state index is 11.0. The van der Waals surface area contributed by atoms with Crippen molar-refractivity contribution in [3.63, 3.8) is 0 Å². The van der Waals surface area contributed by atoms with Crippen molar-refractivity contribution in [2.45, 2.75) is 18.6 Å². The molecule has 1 atom stereocenters. The molecule has 0 aliphatic heterocycles. The monoisotopic (exact) mass is 258 g/mol. The molecular formula is C7H8Cl2O2S2. The van der Waals surface area contributed by atoms with E-state index in [1.165, 1.54) is 11.3 Å². The molecule has 0 saturated carbocycles. The molecule has 0 saturated heterocycles. The van der Waals surface area contributed by atoms with Crippen LogP contribution in [0.2, 0.25) is 9.36 Å². The smallest absolute Gasteiger partial charge is 0.163 e. The van der Waals surface area contributed by atoms with Gasteiger partial charge in [0.05, 0.1) is 9.77 Å². The lowest BCUT2D eigenvalue weighted by molar-refractivity contribution is 0.524. The molecule has 0 aromatic carbocycles. The largest absolute Gasteiger partial charge is 0.305 e. The van der Waals surface area contributed by atoms with E-state index in [2.05, 4.69) is 0 Å². The van der Waals surface area contributed by atoms with Crippen molar-refractivity contribution in [3.8, 4) is 0 Å². The fourth-order valence-corrected chi connectivity index (χ4v) is 2.87. The van der Waals surface area contributed by atoms with E-state index in [4.69, 9.17) is 27.8 Å². The third kappa shape index (κ3) is 2.07. The number of thiophene rings is 1. The highest BCUT2D eigenvalue weighted by Gasteiger charge is 2.31. The van der Waals surface area contributed by atoms with E-state index in [9.17, 15) is 4.21 Å². The fourth-order valence-electron chi connectivity index (χ4n) is 0.820. The summed E-state index contributed by atoms with van der Waals surface area (Å²) in [4.78, 5) is 0. The fraction of sp³-hybridized carbons (Fsp3) is 0.429. The Morgan fingerprint density at radius 2 is 2.08 bits per heavy atom.